The van der Waals surface area contributed by atoms with Crippen LogP contribution in [-0.2, 0) is 6.54 Å². The largest absolute Gasteiger partial charge is 0.329 e. The van der Waals surface area contributed by atoms with E-state index in [1.165, 1.54) is 25.7 Å². The molecular weight excluding hydrogens is 258 g/mol. The fourth-order valence-corrected chi connectivity index (χ4v) is 3.86. The van der Waals surface area contributed by atoms with E-state index in [9.17, 15) is 0 Å². The van der Waals surface area contributed by atoms with E-state index in [-0.39, 0.29) is 5.54 Å². The van der Waals surface area contributed by atoms with Crippen LogP contribution >= 0.6 is 0 Å². The molecule has 118 valence electrons. The molecule has 1 aromatic rings. The van der Waals surface area contributed by atoms with Gasteiger partial charge in [-0.25, -0.2) is 0 Å². The summed E-state index contributed by atoms with van der Waals surface area (Å²) in [6.45, 7) is 9.67. The van der Waals surface area contributed by atoms with Crippen LogP contribution in [0.2, 0.25) is 0 Å². The van der Waals surface area contributed by atoms with E-state index in [2.05, 4.69) is 42.8 Å². The average molecular weight is 289 g/mol. The molecule has 0 amide bonds. The molecule has 3 nitrogen and oxygen atoms in total. The van der Waals surface area contributed by atoms with Crippen LogP contribution < -0.4 is 5.73 Å². The summed E-state index contributed by atoms with van der Waals surface area (Å²) in [5, 5.41) is 0. The van der Waals surface area contributed by atoms with Crippen LogP contribution in [0.1, 0.15) is 52.1 Å². The van der Waals surface area contributed by atoms with Gasteiger partial charge in [0.2, 0.25) is 0 Å². The Balaban J connectivity index is 2.16. The molecule has 1 saturated carbocycles. The molecule has 1 fully saturated rings. The maximum absolute atomic E-state index is 6.27. The van der Waals surface area contributed by atoms with Crippen LogP contribution in [0.3, 0.4) is 0 Å². The van der Waals surface area contributed by atoms with Gasteiger partial charge in [0.1, 0.15) is 0 Å². The van der Waals surface area contributed by atoms with E-state index in [0.717, 1.165) is 37.2 Å². The summed E-state index contributed by atoms with van der Waals surface area (Å²) in [4.78, 5) is 7.07. The number of hydrogen-bond donors (Lipinski definition) is 1. The van der Waals surface area contributed by atoms with E-state index in [1.54, 1.807) is 0 Å². The monoisotopic (exact) mass is 289 g/mol. The lowest BCUT2D eigenvalue weighted by Crippen LogP contribution is -2.56. The lowest BCUT2D eigenvalue weighted by atomic mass is 9.70. The van der Waals surface area contributed by atoms with Crippen LogP contribution in [0.15, 0.2) is 24.4 Å². The van der Waals surface area contributed by atoms with Crippen molar-refractivity contribution in [3.05, 3.63) is 30.1 Å². The molecule has 1 aliphatic rings. The number of likely N-dealkylation sites (N-methyl/N-ethyl adjacent to an activating group) is 1. The third-order valence-corrected chi connectivity index (χ3v) is 5.31. The van der Waals surface area contributed by atoms with Crippen molar-refractivity contribution in [1.82, 2.24) is 9.88 Å². The standard InChI is InChI=1S/C18H31N3/c1-4-21(13-17-9-5-6-11-20-17)18(14-19)10-7-8-16(12-18)15(2)3/h5-6,9,11,15-16H,4,7-8,10,12-14,19H2,1-3H3. The Hall–Kier alpha value is -0.930. The first-order chi connectivity index (χ1) is 10.1. The van der Waals surface area contributed by atoms with Gasteiger partial charge in [0.15, 0.2) is 0 Å². The summed E-state index contributed by atoms with van der Waals surface area (Å²) >= 11 is 0. The molecule has 2 atom stereocenters. The SMILES string of the molecule is CCN(Cc1ccccn1)C1(CN)CCCC(C(C)C)C1. The highest BCUT2D eigenvalue weighted by molar-refractivity contribution is 5.06. The quantitative estimate of drug-likeness (QED) is 0.872. The average Bonchev–Trinajstić information content (AvgIpc) is 2.53. The summed E-state index contributed by atoms with van der Waals surface area (Å²) in [6, 6.07) is 6.17. The van der Waals surface area contributed by atoms with E-state index in [1.807, 2.05) is 12.3 Å². The van der Waals surface area contributed by atoms with Crippen molar-refractivity contribution >= 4 is 0 Å². The minimum Gasteiger partial charge on any atom is -0.329 e. The number of rotatable bonds is 6. The van der Waals surface area contributed by atoms with Crippen LogP contribution in [0, 0.1) is 11.8 Å². The van der Waals surface area contributed by atoms with Gasteiger partial charge in [0.05, 0.1) is 5.69 Å². The zero-order valence-corrected chi connectivity index (χ0v) is 13.9. The van der Waals surface area contributed by atoms with E-state index >= 15 is 0 Å². The number of aromatic nitrogens is 1. The minimum absolute atomic E-state index is 0.166. The molecule has 1 aliphatic carbocycles. The van der Waals surface area contributed by atoms with Crippen molar-refractivity contribution in [1.29, 1.82) is 0 Å². The second-order valence-corrected chi connectivity index (χ2v) is 6.86. The van der Waals surface area contributed by atoms with Gasteiger partial charge in [0.25, 0.3) is 0 Å². The van der Waals surface area contributed by atoms with Gasteiger partial charge in [-0.1, -0.05) is 39.7 Å². The fraction of sp³-hybridized carbons (Fsp3) is 0.722. The Kier molecular flexibility index (Phi) is 5.77. The fourth-order valence-electron chi connectivity index (χ4n) is 3.86. The van der Waals surface area contributed by atoms with Gasteiger partial charge in [-0.05, 0) is 43.4 Å². The van der Waals surface area contributed by atoms with Crippen LogP contribution in [0.25, 0.3) is 0 Å². The molecule has 0 spiro atoms. The summed E-state index contributed by atoms with van der Waals surface area (Å²) < 4.78 is 0. The lowest BCUT2D eigenvalue weighted by Gasteiger charge is -2.49. The van der Waals surface area contributed by atoms with Crippen LogP contribution in [-0.4, -0.2) is 28.5 Å². The molecule has 0 aliphatic heterocycles. The number of pyridine rings is 1. The van der Waals surface area contributed by atoms with Gasteiger partial charge in [0, 0.05) is 24.8 Å². The highest BCUT2D eigenvalue weighted by Gasteiger charge is 2.40. The van der Waals surface area contributed by atoms with Crippen molar-refractivity contribution in [2.24, 2.45) is 17.6 Å². The molecule has 3 heteroatoms. The molecule has 2 N–H and O–H groups in total. The van der Waals surface area contributed by atoms with Gasteiger partial charge in [-0.3, -0.25) is 9.88 Å². The molecule has 21 heavy (non-hydrogen) atoms. The molecular formula is C18H31N3. The molecule has 1 aromatic heterocycles. The first kappa shape index (κ1) is 16.4. The second-order valence-electron chi connectivity index (χ2n) is 6.86. The summed E-state index contributed by atoms with van der Waals surface area (Å²) in [5.74, 6) is 1.56. The van der Waals surface area contributed by atoms with Gasteiger partial charge >= 0.3 is 0 Å². The predicted molar refractivity (Wildman–Crippen MR) is 88.9 cm³/mol. The van der Waals surface area contributed by atoms with E-state index < -0.39 is 0 Å². The lowest BCUT2D eigenvalue weighted by molar-refractivity contribution is 0.0222. The maximum Gasteiger partial charge on any atom is 0.0544 e. The first-order valence-corrected chi connectivity index (χ1v) is 8.46. The summed E-state index contributed by atoms with van der Waals surface area (Å²) in [5.41, 5.74) is 7.59. The Labute approximate surface area is 129 Å². The molecule has 0 bridgehead atoms. The third-order valence-electron chi connectivity index (χ3n) is 5.31. The first-order valence-electron chi connectivity index (χ1n) is 8.46. The highest BCUT2D eigenvalue weighted by Crippen LogP contribution is 2.40. The molecule has 2 unspecified atom stereocenters. The molecule has 0 aromatic carbocycles. The van der Waals surface area contributed by atoms with Gasteiger partial charge in [-0.15, -0.1) is 0 Å². The molecule has 1 heterocycles. The van der Waals surface area contributed by atoms with Crippen molar-refractivity contribution < 1.29 is 0 Å². The number of nitrogens with zero attached hydrogens (tertiary/aromatic N) is 2. The zero-order chi connectivity index (χ0) is 15.3. The van der Waals surface area contributed by atoms with Crippen LogP contribution in [0.4, 0.5) is 0 Å². The van der Waals surface area contributed by atoms with Crippen molar-refractivity contribution in [3.63, 3.8) is 0 Å². The van der Waals surface area contributed by atoms with Gasteiger partial charge in [-0.2, -0.15) is 0 Å². The summed E-state index contributed by atoms with van der Waals surface area (Å²) in [6.07, 6.45) is 7.02. The zero-order valence-electron chi connectivity index (χ0n) is 13.9. The minimum atomic E-state index is 0.166. The maximum atomic E-state index is 6.27. The number of hydrogen-bond acceptors (Lipinski definition) is 3. The normalized spacial score (nSPS) is 26.5. The number of nitrogens with two attached hydrogens (primary N) is 1. The van der Waals surface area contributed by atoms with Crippen molar-refractivity contribution in [3.8, 4) is 0 Å². The second kappa shape index (κ2) is 7.37. The molecule has 2 rings (SSSR count). The molecule has 0 saturated heterocycles. The Bertz CT molecular complexity index is 418. The Morgan fingerprint density at radius 1 is 1.43 bits per heavy atom. The van der Waals surface area contributed by atoms with Crippen molar-refractivity contribution in [2.45, 2.75) is 58.5 Å². The van der Waals surface area contributed by atoms with Crippen molar-refractivity contribution in [2.75, 3.05) is 13.1 Å². The Morgan fingerprint density at radius 3 is 2.81 bits per heavy atom. The highest BCUT2D eigenvalue weighted by atomic mass is 15.2. The van der Waals surface area contributed by atoms with E-state index in [0.29, 0.717) is 0 Å². The van der Waals surface area contributed by atoms with E-state index in [4.69, 9.17) is 5.73 Å². The third kappa shape index (κ3) is 3.83. The van der Waals surface area contributed by atoms with Crippen LogP contribution in [0.5, 0.6) is 0 Å². The topological polar surface area (TPSA) is 42.2 Å². The smallest absolute Gasteiger partial charge is 0.0544 e. The summed E-state index contributed by atoms with van der Waals surface area (Å²) in [7, 11) is 0. The Morgan fingerprint density at radius 2 is 2.24 bits per heavy atom. The predicted octanol–water partition coefficient (Wildman–Crippen LogP) is 3.45. The van der Waals surface area contributed by atoms with Gasteiger partial charge < -0.3 is 5.73 Å². The molecule has 0 radical (unpaired) electrons.